The molecule has 1 aromatic rings. The van der Waals surface area contributed by atoms with Gasteiger partial charge in [-0.3, -0.25) is 0 Å². The molecule has 1 aromatic carbocycles. The van der Waals surface area contributed by atoms with Crippen LogP contribution in [0.3, 0.4) is 0 Å². The van der Waals surface area contributed by atoms with Crippen LogP contribution in [0.4, 0.5) is 0 Å². The van der Waals surface area contributed by atoms with Gasteiger partial charge in [-0.1, -0.05) is 26.0 Å². The first-order valence-electron chi connectivity index (χ1n) is 5.85. The maximum Gasteiger partial charge on any atom is 0.0354 e. The fourth-order valence-electron chi connectivity index (χ4n) is 3.09. The summed E-state index contributed by atoms with van der Waals surface area (Å²) in [6.45, 7) is 9.17. The summed E-state index contributed by atoms with van der Waals surface area (Å²) in [5.74, 6) is 1.38. The highest BCUT2D eigenvalue weighted by atomic mass is 14.9. The molecule has 0 amide bonds. The van der Waals surface area contributed by atoms with Crippen molar-refractivity contribution < 1.29 is 0 Å². The van der Waals surface area contributed by atoms with E-state index in [1.165, 1.54) is 11.1 Å². The third-order valence-electron chi connectivity index (χ3n) is 4.11. The minimum atomic E-state index is 0.537. The van der Waals surface area contributed by atoms with Gasteiger partial charge in [0.25, 0.3) is 0 Å². The average Bonchev–Trinajstić information content (AvgIpc) is 2.47. The lowest BCUT2D eigenvalue weighted by molar-refractivity contribution is 0.401. The molecule has 0 saturated heterocycles. The van der Waals surface area contributed by atoms with Gasteiger partial charge < -0.3 is 5.32 Å². The van der Waals surface area contributed by atoms with Crippen LogP contribution in [0.25, 0.3) is 0 Å². The van der Waals surface area contributed by atoms with Crippen LogP contribution >= 0.6 is 0 Å². The normalized spacial score (nSPS) is 29.3. The van der Waals surface area contributed by atoms with Gasteiger partial charge in [0, 0.05) is 6.04 Å². The Morgan fingerprint density at radius 3 is 2.07 bits per heavy atom. The maximum atomic E-state index is 3.47. The molecule has 0 aromatic heterocycles. The SMILES string of the molecule is CNC1c2c(C)ccc(C)c2C(C)C1C. The van der Waals surface area contributed by atoms with E-state index in [9.17, 15) is 0 Å². The number of aryl methyl sites for hydroxylation is 2. The molecule has 0 radical (unpaired) electrons. The zero-order valence-corrected chi connectivity index (χ0v) is 10.4. The molecule has 1 heteroatoms. The molecular weight excluding hydrogens is 182 g/mol. The lowest BCUT2D eigenvalue weighted by Crippen LogP contribution is -2.20. The van der Waals surface area contributed by atoms with E-state index in [2.05, 4.69) is 52.2 Å². The molecule has 0 bridgehead atoms. The second-order valence-electron chi connectivity index (χ2n) is 4.94. The van der Waals surface area contributed by atoms with E-state index in [1.807, 2.05) is 0 Å². The highest BCUT2D eigenvalue weighted by molar-refractivity contribution is 5.48. The van der Waals surface area contributed by atoms with E-state index in [-0.39, 0.29) is 0 Å². The van der Waals surface area contributed by atoms with Crippen LogP contribution in [-0.2, 0) is 0 Å². The Morgan fingerprint density at radius 1 is 1.00 bits per heavy atom. The first kappa shape index (κ1) is 10.7. The predicted octanol–water partition coefficient (Wildman–Crippen LogP) is 3.32. The van der Waals surface area contributed by atoms with Gasteiger partial charge in [0.15, 0.2) is 0 Å². The molecule has 2 rings (SSSR count). The molecule has 0 heterocycles. The highest BCUT2D eigenvalue weighted by Gasteiger charge is 2.36. The topological polar surface area (TPSA) is 12.0 Å². The fourth-order valence-corrected chi connectivity index (χ4v) is 3.09. The lowest BCUT2D eigenvalue weighted by atomic mass is 9.92. The van der Waals surface area contributed by atoms with Crippen molar-refractivity contribution in [1.82, 2.24) is 5.32 Å². The Balaban J connectivity index is 2.64. The van der Waals surface area contributed by atoms with E-state index in [0.717, 1.165) is 0 Å². The second-order valence-corrected chi connectivity index (χ2v) is 4.94. The van der Waals surface area contributed by atoms with Crippen molar-refractivity contribution in [3.63, 3.8) is 0 Å². The van der Waals surface area contributed by atoms with E-state index in [4.69, 9.17) is 0 Å². The van der Waals surface area contributed by atoms with Gasteiger partial charge >= 0.3 is 0 Å². The minimum absolute atomic E-state index is 0.537. The summed E-state index contributed by atoms with van der Waals surface area (Å²) in [7, 11) is 2.07. The van der Waals surface area contributed by atoms with Crippen molar-refractivity contribution >= 4 is 0 Å². The molecule has 1 aliphatic rings. The average molecular weight is 203 g/mol. The van der Waals surface area contributed by atoms with Crippen LogP contribution in [0.1, 0.15) is 48.1 Å². The Hall–Kier alpha value is -0.820. The summed E-state index contributed by atoms with van der Waals surface area (Å²) in [6, 6.07) is 5.05. The molecule has 82 valence electrons. The summed E-state index contributed by atoms with van der Waals surface area (Å²) in [6.07, 6.45) is 0. The second kappa shape index (κ2) is 3.64. The number of rotatable bonds is 1. The van der Waals surface area contributed by atoms with Crippen LogP contribution in [-0.4, -0.2) is 7.05 Å². The third-order valence-corrected chi connectivity index (χ3v) is 4.11. The molecule has 1 aliphatic carbocycles. The lowest BCUT2D eigenvalue weighted by Gasteiger charge is -2.18. The monoisotopic (exact) mass is 203 g/mol. The predicted molar refractivity (Wildman–Crippen MR) is 65.3 cm³/mol. The first-order valence-corrected chi connectivity index (χ1v) is 5.85. The zero-order valence-electron chi connectivity index (χ0n) is 10.4. The highest BCUT2D eigenvalue weighted by Crippen LogP contribution is 2.47. The Morgan fingerprint density at radius 2 is 1.53 bits per heavy atom. The van der Waals surface area contributed by atoms with Crippen molar-refractivity contribution in [3.8, 4) is 0 Å². The van der Waals surface area contributed by atoms with E-state index >= 15 is 0 Å². The van der Waals surface area contributed by atoms with Gasteiger partial charge in [-0.2, -0.15) is 0 Å². The molecule has 15 heavy (non-hydrogen) atoms. The molecule has 0 spiro atoms. The molecule has 1 N–H and O–H groups in total. The van der Waals surface area contributed by atoms with Crippen LogP contribution < -0.4 is 5.32 Å². The number of hydrogen-bond acceptors (Lipinski definition) is 1. The molecule has 0 saturated carbocycles. The molecule has 3 atom stereocenters. The van der Waals surface area contributed by atoms with Gasteiger partial charge in [-0.05, 0) is 55.0 Å². The largest absolute Gasteiger partial charge is 0.313 e. The fraction of sp³-hybridized carbons (Fsp3) is 0.571. The first-order chi connectivity index (χ1) is 7.07. The van der Waals surface area contributed by atoms with E-state index in [1.54, 1.807) is 11.1 Å². The smallest absolute Gasteiger partial charge is 0.0354 e. The summed E-state index contributed by atoms with van der Waals surface area (Å²) in [4.78, 5) is 0. The van der Waals surface area contributed by atoms with Crippen molar-refractivity contribution in [2.45, 2.75) is 39.7 Å². The number of fused-ring (bicyclic) bond motifs is 1. The Bertz CT molecular complexity index is 381. The molecule has 1 nitrogen and oxygen atoms in total. The summed E-state index contributed by atoms with van der Waals surface area (Å²) < 4.78 is 0. The van der Waals surface area contributed by atoms with Gasteiger partial charge in [0.1, 0.15) is 0 Å². The van der Waals surface area contributed by atoms with E-state index < -0.39 is 0 Å². The van der Waals surface area contributed by atoms with Gasteiger partial charge in [-0.25, -0.2) is 0 Å². The number of nitrogens with one attached hydrogen (secondary N) is 1. The van der Waals surface area contributed by atoms with Crippen molar-refractivity contribution in [1.29, 1.82) is 0 Å². The maximum absolute atomic E-state index is 3.47. The summed E-state index contributed by atoms with van der Waals surface area (Å²) in [5, 5.41) is 3.47. The Labute approximate surface area is 92.9 Å². The summed E-state index contributed by atoms with van der Waals surface area (Å²) in [5.41, 5.74) is 6.03. The molecule has 0 aliphatic heterocycles. The number of benzene rings is 1. The Kier molecular flexibility index (Phi) is 2.59. The van der Waals surface area contributed by atoms with Crippen molar-refractivity contribution in [2.24, 2.45) is 5.92 Å². The quantitative estimate of drug-likeness (QED) is 0.738. The number of hydrogen-bond donors (Lipinski definition) is 1. The van der Waals surface area contributed by atoms with Crippen molar-refractivity contribution in [3.05, 3.63) is 34.4 Å². The van der Waals surface area contributed by atoms with Gasteiger partial charge in [-0.15, -0.1) is 0 Å². The van der Waals surface area contributed by atoms with E-state index in [0.29, 0.717) is 17.9 Å². The molecule has 0 fully saturated rings. The summed E-state index contributed by atoms with van der Waals surface area (Å²) >= 11 is 0. The van der Waals surface area contributed by atoms with Crippen LogP contribution in [0.5, 0.6) is 0 Å². The van der Waals surface area contributed by atoms with Crippen LogP contribution in [0, 0.1) is 19.8 Å². The zero-order chi connectivity index (χ0) is 11.2. The van der Waals surface area contributed by atoms with Gasteiger partial charge in [0.05, 0.1) is 0 Å². The van der Waals surface area contributed by atoms with Gasteiger partial charge in [0.2, 0.25) is 0 Å². The minimum Gasteiger partial charge on any atom is -0.313 e. The van der Waals surface area contributed by atoms with Crippen LogP contribution in [0.15, 0.2) is 12.1 Å². The van der Waals surface area contributed by atoms with Crippen molar-refractivity contribution in [2.75, 3.05) is 7.05 Å². The molecular formula is C14H21N. The molecule has 3 unspecified atom stereocenters. The standard InChI is InChI=1S/C14H21N/c1-8-6-7-9(2)13-12(8)10(3)11(4)14(13)15-5/h6-7,10-11,14-15H,1-5H3. The van der Waals surface area contributed by atoms with Crippen LogP contribution in [0.2, 0.25) is 0 Å². The third kappa shape index (κ3) is 1.41.